The van der Waals surface area contributed by atoms with E-state index in [0.717, 1.165) is 16.0 Å². The SMILES string of the molecule is C#CCOc1ccc(/C=C2\C(=O)NC(=O)N(c3cc(C)ccc3C)C2=O)cc1OC. The van der Waals surface area contributed by atoms with Crippen LogP contribution < -0.4 is 19.7 Å². The molecule has 2 aromatic rings. The second kappa shape index (κ2) is 8.53. The van der Waals surface area contributed by atoms with E-state index in [1.807, 2.05) is 19.1 Å². The van der Waals surface area contributed by atoms with Gasteiger partial charge in [-0.25, -0.2) is 9.69 Å². The van der Waals surface area contributed by atoms with Crippen LogP contribution in [0, 0.1) is 26.2 Å². The number of barbiturate groups is 1. The van der Waals surface area contributed by atoms with Crippen molar-refractivity contribution in [2.75, 3.05) is 18.6 Å². The van der Waals surface area contributed by atoms with Gasteiger partial charge in [0.15, 0.2) is 11.5 Å². The molecule has 7 heteroatoms. The second-order valence-electron chi connectivity index (χ2n) is 6.65. The van der Waals surface area contributed by atoms with Crippen molar-refractivity contribution in [1.82, 2.24) is 5.32 Å². The maximum atomic E-state index is 13.1. The Morgan fingerprint density at radius 2 is 1.87 bits per heavy atom. The number of terminal acetylenes is 1. The molecule has 1 aliphatic rings. The Kier molecular flexibility index (Phi) is 5.88. The van der Waals surface area contributed by atoms with Gasteiger partial charge in [0.2, 0.25) is 0 Å². The molecule has 152 valence electrons. The van der Waals surface area contributed by atoms with E-state index in [1.54, 1.807) is 31.2 Å². The number of aryl methyl sites for hydroxylation is 2. The van der Waals surface area contributed by atoms with E-state index in [-0.39, 0.29) is 12.2 Å². The normalized spacial score (nSPS) is 15.1. The molecule has 0 unspecified atom stereocenters. The molecule has 0 aliphatic carbocycles. The number of anilines is 1. The molecule has 7 nitrogen and oxygen atoms in total. The van der Waals surface area contributed by atoms with Crippen LogP contribution in [0.1, 0.15) is 16.7 Å². The van der Waals surface area contributed by atoms with Gasteiger partial charge in [-0.05, 0) is 54.8 Å². The first-order valence-electron chi connectivity index (χ1n) is 9.08. The van der Waals surface area contributed by atoms with Gasteiger partial charge in [0.05, 0.1) is 12.8 Å². The lowest BCUT2D eigenvalue weighted by atomic mass is 10.0. The highest BCUT2D eigenvalue weighted by Gasteiger charge is 2.37. The van der Waals surface area contributed by atoms with E-state index < -0.39 is 17.8 Å². The first-order chi connectivity index (χ1) is 14.3. The van der Waals surface area contributed by atoms with Crippen molar-refractivity contribution in [1.29, 1.82) is 0 Å². The average Bonchev–Trinajstić information content (AvgIpc) is 2.72. The van der Waals surface area contributed by atoms with Gasteiger partial charge in [0.25, 0.3) is 11.8 Å². The third-order valence-corrected chi connectivity index (χ3v) is 4.52. The van der Waals surface area contributed by atoms with Gasteiger partial charge in [0.1, 0.15) is 12.2 Å². The summed E-state index contributed by atoms with van der Waals surface area (Å²) in [4.78, 5) is 38.8. The van der Waals surface area contributed by atoms with Crippen molar-refractivity contribution in [2.24, 2.45) is 0 Å². The zero-order valence-corrected chi connectivity index (χ0v) is 16.8. The Hall–Kier alpha value is -4.05. The van der Waals surface area contributed by atoms with E-state index >= 15 is 0 Å². The third-order valence-electron chi connectivity index (χ3n) is 4.52. The van der Waals surface area contributed by atoms with Gasteiger partial charge >= 0.3 is 6.03 Å². The molecule has 1 fully saturated rings. The molecule has 30 heavy (non-hydrogen) atoms. The maximum absolute atomic E-state index is 13.1. The fourth-order valence-corrected chi connectivity index (χ4v) is 3.02. The quantitative estimate of drug-likeness (QED) is 0.471. The molecular formula is C23H20N2O5. The fraction of sp³-hybridized carbons (Fsp3) is 0.174. The smallest absolute Gasteiger partial charge is 0.335 e. The highest BCUT2D eigenvalue weighted by atomic mass is 16.5. The second-order valence-corrected chi connectivity index (χ2v) is 6.65. The maximum Gasteiger partial charge on any atom is 0.335 e. The molecule has 0 bridgehead atoms. The van der Waals surface area contributed by atoms with Crippen LogP contribution in [0.5, 0.6) is 11.5 Å². The molecule has 4 amide bonds. The predicted molar refractivity (Wildman–Crippen MR) is 112 cm³/mol. The number of urea groups is 1. The summed E-state index contributed by atoms with van der Waals surface area (Å²) < 4.78 is 10.7. The van der Waals surface area contributed by atoms with Gasteiger partial charge in [-0.2, -0.15) is 0 Å². The number of imide groups is 2. The number of benzene rings is 2. The number of carbonyl (C=O) groups is 3. The minimum absolute atomic E-state index is 0.0740. The number of rotatable bonds is 5. The zero-order chi connectivity index (χ0) is 21.8. The predicted octanol–water partition coefficient (Wildman–Crippen LogP) is 2.99. The molecule has 3 rings (SSSR count). The van der Waals surface area contributed by atoms with Crippen molar-refractivity contribution < 1.29 is 23.9 Å². The van der Waals surface area contributed by atoms with Crippen LogP contribution in [0.4, 0.5) is 10.5 Å². The number of carbonyl (C=O) groups excluding carboxylic acids is 3. The van der Waals surface area contributed by atoms with Crippen molar-refractivity contribution in [2.45, 2.75) is 13.8 Å². The fourth-order valence-electron chi connectivity index (χ4n) is 3.02. The standard InChI is InChI=1S/C23H20N2O5/c1-5-10-30-19-9-8-16(13-20(19)29-4)12-17-21(26)24-23(28)25(22(17)27)18-11-14(2)6-7-15(18)3/h1,6-9,11-13H,10H2,2-4H3,(H,24,26,28)/b17-12+. The lowest BCUT2D eigenvalue weighted by molar-refractivity contribution is -0.122. The van der Waals surface area contributed by atoms with Crippen LogP contribution in [0.25, 0.3) is 6.08 Å². The molecule has 0 saturated carbocycles. The molecule has 1 N–H and O–H groups in total. The number of amides is 4. The monoisotopic (exact) mass is 404 g/mol. The summed E-state index contributed by atoms with van der Waals surface area (Å²) in [6, 6.07) is 9.51. The summed E-state index contributed by atoms with van der Waals surface area (Å²) >= 11 is 0. The van der Waals surface area contributed by atoms with Gasteiger partial charge in [-0.1, -0.05) is 24.1 Å². The molecule has 1 saturated heterocycles. The zero-order valence-electron chi connectivity index (χ0n) is 16.8. The van der Waals surface area contributed by atoms with Gasteiger partial charge in [-0.15, -0.1) is 6.42 Å². The van der Waals surface area contributed by atoms with Crippen LogP contribution in [0.2, 0.25) is 0 Å². The summed E-state index contributed by atoms with van der Waals surface area (Å²) in [5.74, 6) is 1.73. The topological polar surface area (TPSA) is 84.9 Å². The van der Waals surface area contributed by atoms with Crippen molar-refractivity contribution in [3.63, 3.8) is 0 Å². The molecular weight excluding hydrogens is 384 g/mol. The molecule has 0 atom stereocenters. The average molecular weight is 404 g/mol. The van der Waals surface area contributed by atoms with Crippen molar-refractivity contribution in [3.05, 3.63) is 58.7 Å². The summed E-state index contributed by atoms with van der Waals surface area (Å²) in [7, 11) is 1.47. The molecule has 1 heterocycles. The van der Waals surface area contributed by atoms with E-state index in [4.69, 9.17) is 15.9 Å². The van der Waals surface area contributed by atoms with Gasteiger partial charge in [0, 0.05) is 0 Å². The number of hydrogen-bond acceptors (Lipinski definition) is 5. The largest absolute Gasteiger partial charge is 0.493 e. The van der Waals surface area contributed by atoms with Crippen LogP contribution in [-0.2, 0) is 9.59 Å². The summed E-state index contributed by atoms with van der Waals surface area (Å²) in [5, 5.41) is 2.22. The van der Waals surface area contributed by atoms with E-state index in [2.05, 4.69) is 11.2 Å². The Bertz CT molecular complexity index is 1110. The highest BCUT2D eigenvalue weighted by molar-refractivity contribution is 6.39. The molecule has 0 radical (unpaired) electrons. The van der Waals surface area contributed by atoms with Crippen LogP contribution in [0.3, 0.4) is 0 Å². The Balaban J connectivity index is 2.00. The van der Waals surface area contributed by atoms with Gasteiger partial charge in [-0.3, -0.25) is 14.9 Å². The minimum Gasteiger partial charge on any atom is -0.493 e. The number of nitrogens with zero attached hydrogens (tertiary/aromatic N) is 1. The number of nitrogens with one attached hydrogen (secondary N) is 1. The van der Waals surface area contributed by atoms with Crippen LogP contribution in [-0.4, -0.2) is 31.6 Å². The molecule has 0 spiro atoms. The first-order valence-corrected chi connectivity index (χ1v) is 9.08. The number of methoxy groups -OCH3 is 1. The molecule has 2 aromatic carbocycles. The van der Waals surface area contributed by atoms with Crippen molar-refractivity contribution >= 4 is 29.6 Å². The summed E-state index contributed by atoms with van der Waals surface area (Å²) in [6.45, 7) is 3.72. The van der Waals surface area contributed by atoms with E-state index in [1.165, 1.54) is 13.2 Å². The molecule has 1 aliphatic heterocycles. The Labute approximate surface area is 174 Å². The third kappa shape index (κ3) is 4.03. The highest BCUT2D eigenvalue weighted by Crippen LogP contribution is 2.30. The number of hydrogen-bond donors (Lipinski definition) is 1. The first kappa shape index (κ1) is 20.7. The van der Waals surface area contributed by atoms with E-state index in [0.29, 0.717) is 22.7 Å². The summed E-state index contributed by atoms with van der Waals surface area (Å²) in [5.41, 5.74) is 2.38. The van der Waals surface area contributed by atoms with Crippen LogP contribution >= 0.6 is 0 Å². The Morgan fingerprint density at radius 3 is 2.57 bits per heavy atom. The van der Waals surface area contributed by atoms with Crippen LogP contribution in [0.15, 0.2) is 42.0 Å². The van der Waals surface area contributed by atoms with Gasteiger partial charge < -0.3 is 9.47 Å². The Morgan fingerprint density at radius 1 is 1.10 bits per heavy atom. The number of ether oxygens (including phenoxy) is 2. The minimum atomic E-state index is -0.786. The van der Waals surface area contributed by atoms with E-state index in [9.17, 15) is 14.4 Å². The summed E-state index contributed by atoms with van der Waals surface area (Å²) in [6.07, 6.45) is 6.60. The lowest BCUT2D eigenvalue weighted by Crippen LogP contribution is -2.54. The van der Waals surface area contributed by atoms with Crippen molar-refractivity contribution in [3.8, 4) is 23.8 Å². The molecule has 0 aromatic heterocycles. The lowest BCUT2D eigenvalue weighted by Gasteiger charge is -2.27.